The first-order chi connectivity index (χ1) is 5.74. The lowest BCUT2D eigenvalue weighted by Gasteiger charge is -2.01. The van der Waals surface area contributed by atoms with Crippen LogP contribution in [0.3, 0.4) is 0 Å². The molecule has 0 saturated heterocycles. The maximum Gasteiger partial charge on any atom is 0.147 e. The van der Waals surface area contributed by atoms with Gasteiger partial charge in [-0.15, -0.1) is 0 Å². The molecule has 12 heavy (non-hydrogen) atoms. The Kier molecular flexibility index (Phi) is 3.48. The van der Waals surface area contributed by atoms with Crippen LogP contribution in [0.15, 0.2) is 24.3 Å². The van der Waals surface area contributed by atoms with Gasteiger partial charge in [0.2, 0.25) is 0 Å². The number of benzene rings is 1. The molecule has 2 heteroatoms. The maximum atomic E-state index is 11.1. The van der Waals surface area contributed by atoms with Crippen molar-refractivity contribution in [2.75, 3.05) is 5.33 Å². The average molecular weight is 227 g/mol. The SMILES string of the molecule is Cc1ccccc1CC(=O)CBr. The zero-order valence-corrected chi connectivity index (χ0v) is 8.60. The molecule has 0 atom stereocenters. The van der Waals surface area contributed by atoms with Crippen molar-refractivity contribution >= 4 is 21.7 Å². The van der Waals surface area contributed by atoms with E-state index in [-0.39, 0.29) is 5.78 Å². The molecule has 0 heterocycles. The molecule has 0 unspecified atom stereocenters. The maximum absolute atomic E-state index is 11.1. The molecule has 0 N–H and O–H groups in total. The van der Waals surface area contributed by atoms with Crippen molar-refractivity contribution in [3.63, 3.8) is 0 Å². The van der Waals surface area contributed by atoms with Crippen molar-refractivity contribution in [3.05, 3.63) is 35.4 Å². The van der Waals surface area contributed by atoms with Gasteiger partial charge in [-0.05, 0) is 18.1 Å². The Balaban J connectivity index is 2.75. The molecular weight excluding hydrogens is 216 g/mol. The molecule has 0 amide bonds. The molecular formula is C10H11BrO. The van der Waals surface area contributed by atoms with E-state index in [1.165, 1.54) is 5.56 Å². The zero-order valence-electron chi connectivity index (χ0n) is 7.01. The summed E-state index contributed by atoms with van der Waals surface area (Å²) in [5.41, 5.74) is 2.31. The normalized spacial score (nSPS) is 9.83. The second-order valence-electron chi connectivity index (χ2n) is 2.78. The van der Waals surface area contributed by atoms with Gasteiger partial charge in [0.25, 0.3) is 0 Å². The van der Waals surface area contributed by atoms with Gasteiger partial charge in [-0.25, -0.2) is 0 Å². The molecule has 0 aliphatic carbocycles. The van der Waals surface area contributed by atoms with Crippen LogP contribution in [-0.4, -0.2) is 11.1 Å². The van der Waals surface area contributed by atoms with Crippen molar-refractivity contribution < 1.29 is 4.79 Å². The molecule has 1 nitrogen and oxygen atoms in total. The molecule has 64 valence electrons. The van der Waals surface area contributed by atoms with Crippen LogP contribution in [0.2, 0.25) is 0 Å². The van der Waals surface area contributed by atoms with Gasteiger partial charge in [-0.3, -0.25) is 4.79 Å². The third-order valence-corrected chi connectivity index (χ3v) is 2.42. The van der Waals surface area contributed by atoms with Gasteiger partial charge in [0.15, 0.2) is 0 Å². The summed E-state index contributed by atoms with van der Waals surface area (Å²) in [7, 11) is 0. The summed E-state index contributed by atoms with van der Waals surface area (Å²) in [6.07, 6.45) is 0.540. The van der Waals surface area contributed by atoms with E-state index in [1.807, 2.05) is 31.2 Å². The molecule has 1 rings (SSSR count). The minimum atomic E-state index is 0.226. The van der Waals surface area contributed by atoms with Crippen molar-refractivity contribution in [3.8, 4) is 0 Å². The van der Waals surface area contributed by atoms with Gasteiger partial charge in [-0.1, -0.05) is 40.2 Å². The Labute approximate surface area is 80.9 Å². The van der Waals surface area contributed by atoms with E-state index in [0.29, 0.717) is 11.8 Å². The van der Waals surface area contributed by atoms with E-state index in [2.05, 4.69) is 15.9 Å². The summed E-state index contributed by atoms with van der Waals surface area (Å²) in [6, 6.07) is 7.97. The number of alkyl halides is 1. The summed E-state index contributed by atoms with van der Waals surface area (Å²) >= 11 is 3.15. The fourth-order valence-corrected chi connectivity index (χ4v) is 1.27. The summed E-state index contributed by atoms with van der Waals surface area (Å²) in [5, 5.41) is 0.446. The molecule has 0 aliphatic heterocycles. The Bertz CT molecular complexity index is 281. The monoisotopic (exact) mass is 226 g/mol. The highest BCUT2D eigenvalue weighted by molar-refractivity contribution is 9.09. The van der Waals surface area contributed by atoms with Gasteiger partial charge in [0.1, 0.15) is 5.78 Å². The fourth-order valence-electron chi connectivity index (χ4n) is 1.07. The van der Waals surface area contributed by atoms with E-state index in [4.69, 9.17) is 0 Å². The minimum absolute atomic E-state index is 0.226. The summed E-state index contributed by atoms with van der Waals surface area (Å²) < 4.78 is 0. The predicted octanol–water partition coefficient (Wildman–Crippen LogP) is 2.50. The number of ketones is 1. The Morgan fingerprint density at radius 1 is 1.42 bits per heavy atom. The smallest absolute Gasteiger partial charge is 0.147 e. The fraction of sp³-hybridized carbons (Fsp3) is 0.300. The first-order valence-electron chi connectivity index (χ1n) is 3.86. The molecule has 1 aromatic carbocycles. The van der Waals surface area contributed by atoms with Crippen LogP contribution in [0, 0.1) is 6.92 Å². The topological polar surface area (TPSA) is 17.1 Å². The number of rotatable bonds is 3. The largest absolute Gasteiger partial charge is 0.298 e. The van der Waals surface area contributed by atoms with E-state index >= 15 is 0 Å². The van der Waals surface area contributed by atoms with Crippen molar-refractivity contribution in [2.45, 2.75) is 13.3 Å². The molecule has 0 aromatic heterocycles. The van der Waals surface area contributed by atoms with Gasteiger partial charge in [0.05, 0.1) is 5.33 Å². The average Bonchev–Trinajstić information content (AvgIpc) is 2.09. The number of carbonyl (C=O) groups excluding carboxylic acids is 1. The second kappa shape index (κ2) is 4.41. The highest BCUT2D eigenvalue weighted by Crippen LogP contribution is 2.08. The molecule has 0 bridgehead atoms. The van der Waals surface area contributed by atoms with Crippen molar-refractivity contribution in [1.29, 1.82) is 0 Å². The number of carbonyl (C=O) groups is 1. The first-order valence-corrected chi connectivity index (χ1v) is 4.98. The van der Waals surface area contributed by atoms with Crippen LogP contribution in [-0.2, 0) is 11.2 Å². The van der Waals surface area contributed by atoms with Gasteiger partial charge in [-0.2, -0.15) is 0 Å². The minimum Gasteiger partial charge on any atom is -0.298 e. The van der Waals surface area contributed by atoms with Crippen LogP contribution in [0.5, 0.6) is 0 Å². The molecule has 0 aliphatic rings. The molecule has 1 aromatic rings. The molecule has 0 saturated carbocycles. The van der Waals surface area contributed by atoms with E-state index in [0.717, 1.165) is 5.56 Å². The van der Waals surface area contributed by atoms with Crippen molar-refractivity contribution in [2.24, 2.45) is 0 Å². The highest BCUT2D eigenvalue weighted by atomic mass is 79.9. The number of Topliss-reactive ketones (excluding diaryl/α,β-unsaturated/α-hetero) is 1. The lowest BCUT2D eigenvalue weighted by Crippen LogP contribution is -2.04. The van der Waals surface area contributed by atoms with E-state index < -0.39 is 0 Å². The van der Waals surface area contributed by atoms with Crippen LogP contribution >= 0.6 is 15.9 Å². The molecule has 0 fully saturated rings. The standard InChI is InChI=1S/C10H11BrO/c1-8-4-2-3-5-9(8)6-10(12)7-11/h2-5H,6-7H2,1H3. The number of hydrogen-bond donors (Lipinski definition) is 0. The van der Waals surface area contributed by atoms with Gasteiger partial charge < -0.3 is 0 Å². The third kappa shape index (κ3) is 2.45. The summed E-state index contributed by atoms with van der Waals surface area (Å²) in [5.74, 6) is 0.226. The predicted molar refractivity (Wildman–Crippen MR) is 53.7 cm³/mol. The third-order valence-electron chi connectivity index (χ3n) is 1.80. The Morgan fingerprint density at radius 2 is 2.08 bits per heavy atom. The lowest BCUT2D eigenvalue weighted by atomic mass is 10.0. The number of hydrogen-bond acceptors (Lipinski definition) is 1. The van der Waals surface area contributed by atoms with Crippen molar-refractivity contribution in [1.82, 2.24) is 0 Å². The number of halogens is 1. The molecule has 0 spiro atoms. The quantitative estimate of drug-likeness (QED) is 0.725. The van der Waals surface area contributed by atoms with E-state index in [9.17, 15) is 4.79 Å². The molecule has 0 radical (unpaired) electrons. The van der Waals surface area contributed by atoms with Gasteiger partial charge >= 0.3 is 0 Å². The number of aryl methyl sites for hydroxylation is 1. The van der Waals surface area contributed by atoms with Crippen LogP contribution in [0.25, 0.3) is 0 Å². The van der Waals surface area contributed by atoms with Crippen LogP contribution in [0.4, 0.5) is 0 Å². The van der Waals surface area contributed by atoms with Crippen LogP contribution < -0.4 is 0 Å². The first kappa shape index (κ1) is 9.46. The zero-order chi connectivity index (χ0) is 8.97. The van der Waals surface area contributed by atoms with E-state index in [1.54, 1.807) is 0 Å². The highest BCUT2D eigenvalue weighted by Gasteiger charge is 2.02. The summed E-state index contributed by atoms with van der Waals surface area (Å²) in [4.78, 5) is 11.1. The Hall–Kier alpha value is -0.630. The van der Waals surface area contributed by atoms with Gasteiger partial charge in [0, 0.05) is 6.42 Å². The van der Waals surface area contributed by atoms with Crippen LogP contribution in [0.1, 0.15) is 11.1 Å². The Morgan fingerprint density at radius 3 is 2.67 bits per heavy atom. The second-order valence-corrected chi connectivity index (χ2v) is 3.34. The lowest BCUT2D eigenvalue weighted by molar-refractivity contribution is -0.115. The summed E-state index contributed by atoms with van der Waals surface area (Å²) in [6.45, 7) is 2.02.